The number of carboxylic acid groups (broad SMARTS) is 1. The van der Waals surface area contributed by atoms with Gasteiger partial charge in [-0.2, -0.15) is 13.5 Å². The number of carboxylic acids is 1. The predicted molar refractivity (Wildman–Crippen MR) is 506 cm³/mol. The fourth-order valence-electron chi connectivity index (χ4n) is 18.1. The Balaban J connectivity index is 0.590. The van der Waals surface area contributed by atoms with Gasteiger partial charge in [0.05, 0.1) is 252 Å². The van der Waals surface area contributed by atoms with Crippen molar-refractivity contribution >= 4 is 78.1 Å². The number of pyridine rings is 1. The summed E-state index contributed by atoms with van der Waals surface area (Å²) in [5.41, 5.74) is 10.8. The maximum absolute atomic E-state index is 14.3. The SMILES string of the molecule is COCCOCCOCCOCCOCCOCCOCCOCCOCCOCCOCCOCCOCCOCCOCCOCCOCC#Cc1cc(NC(=O)[C@H](C)NC(=O)[C@@H](N)C(C)C)ccc1COC(=O)N(CCOC12CC3(C)CC(C)(CC(Cn4ncc(-c5ccc(N6CCc7cccc(C(=O)Nc8nc9ccccc9s8)c7C6)nc5C(=O)O)c4C)(C3)C1)C2)CCS(=O)(=O)O. The molecule has 4 aliphatic carbocycles. The number of nitrogens with one attached hydrogen (secondary N) is 3. The third-order valence-electron chi connectivity index (χ3n) is 23.5. The Morgan fingerprint density at radius 1 is 0.588 bits per heavy atom. The fourth-order valence-corrected chi connectivity index (χ4v) is 19.4. The molecule has 5 aliphatic rings. The van der Waals surface area contributed by atoms with E-state index in [1.54, 1.807) is 57.5 Å². The van der Waals surface area contributed by atoms with Crippen molar-refractivity contribution in [3.05, 3.63) is 118 Å². The third-order valence-corrected chi connectivity index (χ3v) is 25.2. The van der Waals surface area contributed by atoms with Crippen LogP contribution in [0.4, 0.5) is 21.4 Å². The van der Waals surface area contributed by atoms with Gasteiger partial charge in [0, 0.05) is 79.0 Å². The molecular weight excluding hydrogens is 1810 g/mol. The van der Waals surface area contributed by atoms with E-state index in [0.717, 1.165) is 59.1 Å². The highest BCUT2D eigenvalue weighted by Gasteiger charge is 2.66. The summed E-state index contributed by atoms with van der Waals surface area (Å²) in [6, 6.07) is 20.0. The zero-order chi connectivity index (χ0) is 96.9. The maximum atomic E-state index is 14.3. The predicted octanol–water partition coefficient (Wildman–Crippen LogP) is 8.73. The number of rotatable bonds is 70. The number of anilines is 3. The topological polar surface area (TPSA) is 448 Å². The number of ether oxygens (including phenoxy) is 19. The number of hydrogen-bond donors (Lipinski definition) is 6. The largest absolute Gasteiger partial charge is 0.476 e. The van der Waals surface area contributed by atoms with E-state index in [1.807, 2.05) is 59.0 Å². The van der Waals surface area contributed by atoms with Crippen LogP contribution in [-0.4, -0.2) is 347 Å². The average molecular weight is 1950 g/mol. The molecule has 754 valence electrons. The Morgan fingerprint density at radius 2 is 1.11 bits per heavy atom. The molecule has 3 aromatic heterocycles. The van der Waals surface area contributed by atoms with Gasteiger partial charge in [-0.05, 0) is 135 Å². The van der Waals surface area contributed by atoms with Gasteiger partial charge in [-0.1, -0.05) is 81.2 Å². The van der Waals surface area contributed by atoms with Crippen LogP contribution in [0.1, 0.15) is 122 Å². The number of thiazole rings is 1. The van der Waals surface area contributed by atoms with Gasteiger partial charge in [-0.25, -0.2) is 19.6 Å². The molecule has 2 unspecified atom stereocenters. The molecule has 4 atom stereocenters. The van der Waals surface area contributed by atoms with E-state index < -0.39 is 64.0 Å². The number of hydrogen-bond acceptors (Lipinski definition) is 32. The van der Waals surface area contributed by atoms with E-state index in [1.165, 1.54) is 23.2 Å². The summed E-state index contributed by atoms with van der Waals surface area (Å²) in [5.74, 6) is 3.08. The molecule has 0 spiro atoms. The minimum Gasteiger partial charge on any atom is -0.476 e. The molecular formula is C96H140N10O28S2. The lowest BCUT2D eigenvalue weighted by Crippen LogP contribution is -2.64. The van der Waals surface area contributed by atoms with Crippen molar-refractivity contribution in [3.63, 3.8) is 0 Å². The Hall–Kier alpha value is -8.43. The number of amides is 4. The molecule has 4 amide bonds. The van der Waals surface area contributed by atoms with E-state index in [0.29, 0.717) is 275 Å². The zero-order valence-electron chi connectivity index (χ0n) is 79.8. The monoisotopic (exact) mass is 1940 g/mol. The normalized spacial score (nSPS) is 18.3. The molecule has 6 aromatic rings. The van der Waals surface area contributed by atoms with Gasteiger partial charge in [-0.15, -0.1) is 0 Å². The van der Waals surface area contributed by atoms with Crippen LogP contribution < -0.4 is 26.6 Å². The first-order chi connectivity index (χ1) is 65.7. The van der Waals surface area contributed by atoms with E-state index in [-0.39, 0.29) is 73.3 Å². The zero-order valence-corrected chi connectivity index (χ0v) is 81.4. The van der Waals surface area contributed by atoms with Gasteiger partial charge in [0.25, 0.3) is 16.0 Å². The minimum atomic E-state index is -4.55. The highest BCUT2D eigenvalue weighted by atomic mass is 32.2. The second-order valence-electron chi connectivity index (χ2n) is 35.2. The van der Waals surface area contributed by atoms with Crippen LogP contribution in [0.15, 0.2) is 79.0 Å². The molecule has 38 nitrogen and oxygen atoms in total. The summed E-state index contributed by atoms with van der Waals surface area (Å²) in [5, 5.41) is 24.7. The average Bonchev–Trinajstić information content (AvgIpc) is 0.839. The van der Waals surface area contributed by atoms with Crippen LogP contribution in [0.2, 0.25) is 0 Å². The van der Waals surface area contributed by atoms with Crippen molar-refractivity contribution in [1.82, 2.24) is 30.0 Å². The van der Waals surface area contributed by atoms with Gasteiger partial charge in [-0.3, -0.25) is 28.9 Å². The lowest BCUT2D eigenvalue weighted by molar-refractivity contribution is -0.248. The number of methoxy groups -OCH3 is 1. The summed E-state index contributed by atoms with van der Waals surface area (Å²) in [6.45, 7) is 26.3. The lowest BCUT2D eigenvalue weighted by Gasteiger charge is -2.69. The molecule has 0 saturated heterocycles. The van der Waals surface area contributed by atoms with Crippen LogP contribution in [-0.2, 0) is 136 Å². The Labute approximate surface area is 801 Å². The number of para-hydroxylation sites is 1. The number of carbonyl (C=O) groups is 5. The first-order valence-electron chi connectivity index (χ1n) is 46.8. The number of nitrogens with zero attached hydrogens (tertiary/aromatic N) is 6. The molecule has 11 rings (SSSR count). The summed E-state index contributed by atoms with van der Waals surface area (Å²) in [4.78, 5) is 80.3. The van der Waals surface area contributed by atoms with Crippen LogP contribution in [0.25, 0.3) is 21.3 Å². The van der Waals surface area contributed by atoms with Crippen molar-refractivity contribution < 1.29 is 132 Å². The van der Waals surface area contributed by atoms with Crippen molar-refractivity contribution in [1.29, 1.82) is 0 Å². The van der Waals surface area contributed by atoms with E-state index in [2.05, 4.69) is 46.6 Å². The summed E-state index contributed by atoms with van der Waals surface area (Å²) in [7, 11) is -2.91. The second kappa shape index (κ2) is 58.0. The standard InChI is InChI=1S/C96H140N10O28S2/c1-71(2)85(97)89(109)99-72(3)87(107)100-77-18-17-76(75(60-77)13-11-25-117-29-30-119-33-34-121-37-38-123-41-42-125-45-46-127-49-50-129-53-54-131-57-58-132-56-55-130-52-51-128-48-47-126-44-43-124-40-39-122-36-35-120-32-31-118-28-27-116-7)63-133-92(112)104(24-59-136(113,114)115)23-26-134-96-67-93(5)64-94(6,68-96)66-95(65-93,69-96)70-106-73(4)80(61-98-106)78-19-20-84(102-86(78)90(110)111)105-22-21-74-12-10-14-79(81(74)62-105)88(108)103-91-101-82-15-8-9-16-83(82)135-91/h8-10,12,14-20,60-61,71-72,85H,21-59,62-70,97H2,1-7H3,(H,99,109)(H,100,107)(H,110,111)(H,101,103,108)(H,113,114,115)/t72-,85-,93?,94?,95?,96?/m0/s1. The summed E-state index contributed by atoms with van der Waals surface area (Å²) < 4.78 is 144. The molecule has 0 radical (unpaired) electrons. The Morgan fingerprint density at radius 3 is 1.62 bits per heavy atom. The smallest absolute Gasteiger partial charge is 0.410 e. The van der Waals surface area contributed by atoms with Crippen molar-refractivity contribution in [2.24, 2.45) is 27.9 Å². The van der Waals surface area contributed by atoms with E-state index in [9.17, 15) is 42.0 Å². The number of aromatic carboxylic acids is 1. The highest BCUT2D eigenvalue weighted by Crippen LogP contribution is 2.72. The maximum Gasteiger partial charge on any atom is 0.410 e. The van der Waals surface area contributed by atoms with E-state index in [4.69, 9.17) is 106 Å². The van der Waals surface area contributed by atoms with E-state index >= 15 is 0 Å². The minimum absolute atomic E-state index is 0.0107. The van der Waals surface area contributed by atoms with Crippen molar-refractivity contribution in [3.8, 4) is 23.0 Å². The molecule has 4 heterocycles. The van der Waals surface area contributed by atoms with Crippen LogP contribution in [0, 0.1) is 40.9 Å². The number of aromatic nitrogens is 4. The molecule has 40 heteroatoms. The number of carbonyl (C=O) groups excluding carboxylic acids is 4. The quantitative estimate of drug-likeness (QED) is 0.0118. The van der Waals surface area contributed by atoms with Crippen LogP contribution in [0.5, 0.6) is 0 Å². The fraction of sp³-hybridized carbons (Fsp3) is 0.646. The first-order valence-corrected chi connectivity index (χ1v) is 49.2. The van der Waals surface area contributed by atoms with Crippen LogP contribution >= 0.6 is 11.3 Å². The molecule has 4 bridgehead atoms. The van der Waals surface area contributed by atoms with Gasteiger partial charge >= 0.3 is 12.1 Å². The van der Waals surface area contributed by atoms with Gasteiger partial charge < -0.3 is 121 Å². The lowest BCUT2D eigenvalue weighted by atomic mass is 9.39. The molecule has 7 N–H and O–H groups in total. The molecule has 3 aromatic carbocycles. The molecule has 4 fully saturated rings. The summed E-state index contributed by atoms with van der Waals surface area (Å²) in [6.07, 6.45) is 6.37. The van der Waals surface area contributed by atoms with Gasteiger partial charge in [0.2, 0.25) is 11.8 Å². The number of fused-ring (bicyclic) bond motifs is 2. The van der Waals surface area contributed by atoms with Crippen LogP contribution in [0.3, 0.4) is 0 Å². The molecule has 136 heavy (non-hydrogen) atoms. The third kappa shape index (κ3) is 37.3. The first kappa shape index (κ1) is 110. The Kier molecular flexibility index (Phi) is 46.7. The Bertz CT molecular complexity index is 4790. The molecule has 4 saturated carbocycles. The molecule has 1 aliphatic heterocycles. The van der Waals surface area contributed by atoms with Crippen molar-refractivity contribution in [2.75, 3.05) is 273 Å². The van der Waals surface area contributed by atoms with Gasteiger partial charge in [0.1, 0.15) is 25.1 Å². The highest BCUT2D eigenvalue weighted by molar-refractivity contribution is 7.85. The van der Waals surface area contributed by atoms with Crippen molar-refractivity contribution in [2.45, 2.75) is 124 Å². The number of nitrogens with two attached hydrogens (primary N) is 1. The number of benzene rings is 3. The summed E-state index contributed by atoms with van der Waals surface area (Å²) >= 11 is 1.40. The second-order valence-corrected chi connectivity index (χ2v) is 37.8. The van der Waals surface area contributed by atoms with Gasteiger partial charge in [0.15, 0.2) is 10.8 Å².